The van der Waals surface area contributed by atoms with Crippen LogP contribution in [0.3, 0.4) is 0 Å². The van der Waals surface area contributed by atoms with Crippen LogP contribution < -0.4 is 39.6 Å². The van der Waals surface area contributed by atoms with Gasteiger partial charge in [-0.25, -0.2) is 59.2 Å². The average molecular weight is 1980 g/mol. The highest BCUT2D eigenvalue weighted by atomic mass is 16.6. The molecule has 0 unspecified atom stereocenters. The zero-order valence-corrected chi connectivity index (χ0v) is 86.9. The lowest BCUT2D eigenvalue weighted by Crippen LogP contribution is -2.57. The van der Waals surface area contributed by atoms with Crippen molar-refractivity contribution >= 4 is 86.5 Å². The van der Waals surface area contributed by atoms with E-state index in [2.05, 4.69) is 37.0 Å². The van der Waals surface area contributed by atoms with Crippen molar-refractivity contribution in [3.05, 3.63) is 131 Å². The molecule has 6 amide bonds. The highest BCUT2D eigenvalue weighted by Crippen LogP contribution is 2.51. The van der Waals surface area contributed by atoms with Gasteiger partial charge in [0, 0.05) is 42.2 Å². The molecule has 6 bridgehead atoms. The summed E-state index contributed by atoms with van der Waals surface area (Å²) in [5, 5.41) is 8.61. The predicted octanol–water partition coefficient (Wildman–Crippen LogP) is 17.4. The van der Waals surface area contributed by atoms with Crippen molar-refractivity contribution < 1.29 is 94.3 Å². The van der Waals surface area contributed by atoms with E-state index in [9.17, 15) is 43.2 Å². The van der Waals surface area contributed by atoms with Crippen LogP contribution in [0.15, 0.2) is 86.4 Å². The molecule has 0 spiro atoms. The number of benzene rings is 3. The first-order valence-electron chi connectivity index (χ1n) is 51.7. The predicted molar refractivity (Wildman–Crippen MR) is 532 cm³/mol. The first kappa shape index (κ1) is 104. The standard InChI is InChI=1S/C38H51N5O6.C36H47N5O7.C35H45N5O7/c1-22-20-39-32(47-22)18-16-25-15-17-27-29(19-25)41-35-28(40-27)13-9-7-8-11-26-12-10-14-30(26)49-37(46)42-34(38(4,5)6)36(45)43-21-31(48-35)23(2)33(43)24(3)44;1-20-17-37-29(46-20)19-45-24-13-14-25-27(15-24)39-32-26(38-25)12-10-8-9-11-23-16-36(23,7)48-34(44)40-31(35(4,5)6)33(43)41-18-28(47-32)21(2)30(41)22(3)42;1-19-16-36-29(45-19)18-44-23-12-13-24-26(15-23)38-32-25(37-24)11-9-7-8-10-22-14-27(22)47-34(43)39-31(35(4,5)6)33(42)40-17-28(46-32)20(2)30(40)21(3)41/h15,17,19-20,23,26,30-31,33-34H,7-14,16,18,21H2,1-6H3,(H,42,46);13-15,17,21,23,28,30-31H,8-12,16,18-19H2,1-7H3,(H,40,44);12-13,15-16,20,22,27-28,30-31H,7-11,14,17-18H2,1-6H3,(H,39,43)/t23-,26-,30-,31+,33+,34-;21-,23-,28+,30+,31-,36-;20-,22-,27-,28+,30+,31-/m111/s1. The lowest BCUT2D eigenvalue weighted by molar-refractivity contribution is -0.141. The van der Waals surface area contributed by atoms with E-state index in [0.717, 1.165) is 155 Å². The van der Waals surface area contributed by atoms with Gasteiger partial charge in [0.2, 0.25) is 47.1 Å². The van der Waals surface area contributed by atoms with Crippen LogP contribution in [0.2, 0.25) is 0 Å². The number of carbonyl (C=O) groups is 9. The summed E-state index contributed by atoms with van der Waals surface area (Å²) in [4.78, 5) is 169. The lowest BCUT2D eigenvalue weighted by Gasteiger charge is -2.35. The SMILES string of the molecule is CC(=O)[C@@H]1[C@H](C)[C@@H]2CN1C(=O)[C@H](C(C)(C)C)NC(=O)O[C@@H]1CCC[C@H]1CCCCCc1nc3ccc(CCc4ncc(C)o4)cc3nc1O2.CC(=O)[C@@H]1[C@H](C)[C@@H]2CN1C(=O)[C@H](C(C)(C)C)NC(=O)O[C@@H]1C[C@H]1CCCCCc1nc3ccc(OCc4ncc(C)o4)cc3nc1O2.CC(=O)[C@@H]1[C@H](C)[C@@H]2CN1C(=O)[C@H](C(C)(C)C)NC(=O)O[C@]1(C)C[C@H]1CCCCCc1nc3ccc(OCc4ncc(C)o4)cc3nc1O2. The molecule has 35 nitrogen and oxygen atoms in total. The third kappa shape index (κ3) is 25.0. The molecule has 6 aliphatic heterocycles. The van der Waals surface area contributed by atoms with Crippen molar-refractivity contribution in [1.82, 2.24) is 75.5 Å². The van der Waals surface area contributed by atoms with Gasteiger partial charge in [-0.2, -0.15) is 0 Å². The van der Waals surface area contributed by atoms with Gasteiger partial charge in [0.15, 0.2) is 36.5 Å². The summed E-state index contributed by atoms with van der Waals surface area (Å²) in [5.74, 6) is 4.78. The number of ether oxygens (including phenoxy) is 8. The minimum absolute atomic E-state index is 0.127. The summed E-state index contributed by atoms with van der Waals surface area (Å²) in [5.41, 5.74) is 5.06. The number of Topliss-reactive ketones (excluding diaryl/α,β-unsaturated/α-hetero) is 3. The molecule has 3 aliphatic carbocycles. The second-order valence-electron chi connectivity index (χ2n) is 44.7. The summed E-state index contributed by atoms with van der Waals surface area (Å²) in [6.07, 6.45) is 20.9. The number of fused-ring (bicyclic) bond motifs is 15. The van der Waals surface area contributed by atoms with E-state index in [0.29, 0.717) is 118 Å². The fraction of sp³-hybridized carbons (Fsp3) is 0.615. The van der Waals surface area contributed by atoms with Gasteiger partial charge in [0.25, 0.3) is 0 Å². The third-order valence-electron chi connectivity index (χ3n) is 30.0. The van der Waals surface area contributed by atoms with Gasteiger partial charge in [-0.3, -0.25) is 28.8 Å². The number of aryl methyl sites for hydroxylation is 8. The Labute approximate surface area is 841 Å². The monoisotopic (exact) mass is 1980 g/mol. The Morgan fingerprint density at radius 1 is 0.410 bits per heavy atom. The van der Waals surface area contributed by atoms with Crippen molar-refractivity contribution in [3.63, 3.8) is 0 Å². The maximum atomic E-state index is 14.3. The Morgan fingerprint density at radius 3 is 1.19 bits per heavy atom. The van der Waals surface area contributed by atoms with Crippen molar-refractivity contribution in [2.24, 2.45) is 51.8 Å². The number of hydrogen-bond donors (Lipinski definition) is 3. The molecule has 3 saturated carbocycles. The number of hydrogen-bond acceptors (Lipinski definition) is 29. The number of nitrogens with one attached hydrogen (secondary N) is 3. The molecule has 144 heavy (non-hydrogen) atoms. The first-order valence-corrected chi connectivity index (χ1v) is 51.7. The van der Waals surface area contributed by atoms with E-state index in [1.807, 2.05) is 159 Å². The van der Waals surface area contributed by atoms with Crippen molar-refractivity contribution in [2.45, 2.75) is 358 Å². The quantitative estimate of drug-likeness (QED) is 0.0956. The molecule has 774 valence electrons. The molecule has 6 fully saturated rings. The van der Waals surface area contributed by atoms with Gasteiger partial charge in [0.1, 0.15) is 100 Å². The maximum absolute atomic E-state index is 14.3. The molecule has 6 aromatic heterocycles. The molecule has 9 aromatic rings. The normalized spacial score (nSPS) is 27.5. The number of oxazole rings is 3. The molecule has 35 heteroatoms. The number of alkyl carbamates (subject to hydrolysis) is 3. The molecule has 3 N–H and O–H groups in total. The van der Waals surface area contributed by atoms with Crippen LogP contribution in [-0.4, -0.2) is 205 Å². The third-order valence-corrected chi connectivity index (χ3v) is 30.0. The van der Waals surface area contributed by atoms with Gasteiger partial charge in [0.05, 0.1) is 89.5 Å². The maximum Gasteiger partial charge on any atom is 0.408 e. The van der Waals surface area contributed by atoms with Gasteiger partial charge < -0.3 is 81.8 Å². The number of nitrogens with zero attached hydrogens (tertiary/aromatic N) is 12. The van der Waals surface area contributed by atoms with Crippen LogP contribution in [0.25, 0.3) is 33.1 Å². The Bertz CT molecular complexity index is 6190. The number of ketones is 3. The molecule has 0 radical (unpaired) electrons. The fourth-order valence-corrected chi connectivity index (χ4v) is 21.6. The van der Waals surface area contributed by atoms with E-state index in [4.69, 9.17) is 81.1 Å². The van der Waals surface area contributed by atoms with E-state index < -0.39 is 94.7 Å². The van der Waals surface area contributed by atoms with Crippen LogP contribution >= 0.6 is 0 Å². The summed E-state index contributed by atoms with van der Waals surface area (Å²) >= 11 is 0. The van der Waals surface area contributed by atoms with E-state index in [1.165, 1.54) is 20.8 Å². The molecule has 18 rings (SSSR count). The highest BCUT2D eigenvalue weighted by Gasteiger charge is 2.57. The van der Waals surface area contributed by atoms with Crippen molar-refractivity contribution in [1.29, 1.82) is 0 Å². The molecule has 9 aliphatic rings. The summed E-state index contributed by atoms with van der Waals surface area (Å²) in [6, 6.07) is 12.3. The summed E-state index contributed by atoms with van der Waals surface area (Å²) in [7, 11) is 0. The minimum atomic E-state index is -0.910. The van der Waals surface area contributed by atoms with Crippen LogP contribution in [-0.2, 0) is 88.3 Å². The van der Waals surface area contributed by atoms with E-state index >= 15 is 0 Å². The van der Waals surface area contributed by atoms with Gasteiger partial charge in [-0.05, 0) is 215 Å². The van der Waals surface area contributed by atoms with Crippen LogP contribution in [0.4, 0.5) is 14.4 Å². The Kier molecular flexibility index (Phi) is 31.8. The van der Waals surface area contributed by atoms with Crippen LogP contribution in [0.5, 0.6) is 29.1 Å². The Hall–Kier alpha value is -12.5. The number of aromatic nitrogens is 9. The smallest absolute Gasteiger partial charge is 0.408 e. The molecule has 18 atom stereocenters. The lowest BCUT2D eigenvalue weighted by atomic mass is 9.85. The largest absolute Gasteiger partial charge is 0.484 e. The highest BCUT2D eigenvalue weighted by molar-refractivity contribution is 5.95. The molecular weight excluding hydrogens is 1840 g/mol. The first-order chi connectivity index (χ1) is 68.4. The number of amides is 6. The van der Waals surface area contributed by atoms with Crippen LogP contribution in [0.1, 0.15) is 278 Å². The Balaban J connectivity index is 0.000000155. The van der Waals surface area contributed by atoms with Gasteiger partial charge >= 0.3 is 18.3 Å². The van der Waals surface area contributed by atoms with E-state index in [1.54, 1.807) is 33.3 Å². The van der Waals surface area contributed by atoms with Crippen LogP contribution in [0, 0.1) is 72.5 Å². The second kappa shape index (κ2) is 43.8. The second-order valence-corrected chi connectivity index (χ2v) is 44.7. The van der Waals surface area contributed by atoms with Crippen molar-refractivity contribution in [3.8, 4) is 29.1 Å². The molecule has 3 aromatic carbocycles. The minimum Gasteiger partial charge on any atom is -0.484 e. The van der Waals surface area contributed by atoms with Crippen molar-refractivity contribution in [2.75, 3.05) is 19.6 Å². The number of rotatable bonds is 12. The zero-order chi connectivity index (χ0) is 103. The molecular formula is C109H143N15O20. The van der Waals surface area contributed by atoms with E-state index in [-0.39, 0.29) is 104 Å². The summed E-state index contributed by atoms with van der Waals surface area (Å²) < 4.78 is 66.1. The fourth-order valence-electron chi connectivity index (χ4n) is 21.6. The zero-order valence-electron chi connectivity index (χ0n) is 86.9. The van der Waals surface area contributed by atoms with Gasteiger partial charge in [-0.15, -0.1) is 0 Å². The Morgan fingerprint density at radius 2 is 0.785 bits per heavy atom. The number of carbonyl (C=O) groups excluding carboxylic acids is 9. The topological polar surface area (TPSA) is 429 Å². The molecule has 12 heterocycles. The van der Waals surface area contributed by atoms with Gasteiger partial charge in [-0.1, -0.05) is 128 Å². The summed E-state index contributed by atoms with van der Waals surface area (Å²) in [6.45, 7) is 35.7. The average Bonchev–Trinajstić information content (AvgIpc) is 1.61. The molecule has 3 saturated heterocycles.